The van der Waals surface area contributed by atoms with E-state index in [2.05, 4.69) is 74.4 Å². The number of hydrogen-bond acceptors (Lipinski definition) is 6. The van der Waals surface area contributed by atoms with Crippen LogP contribution in [0.15, 0.2) is 127 Å². The summed E-state index contributed by atoms with van der Waals surface area (Å²) in [6.45, 7) is 5.05. The van der Waals surface area contributed by atoms with Crippen LogP contribution in [0.1, 0.15) is 70.6 Å². The number of rotatable bonds is 11. The minimum absolute atomic E-state index is 0.0287. The molecule has 65 heavy (non-hydrogen) atoms. The molecule has 6 aromatic rings. The number of halogens is 10. The third kappa shape index (κ3) is 10.1. The molecule has 2 amide bonds. The normalized spacial score (nSPS) is 11.8. The molecular weight excluding hydrogens is 1120 g/mol. The van der Waals surface area contributed by atoms with Crippen molar-refractivity contribution in [1.29, 1.82) is 0 Å². The van der Waals surface area contributed by atoms with Crippen LogP contribution in [0.2, 0.25) is 0 Å². The van der Waals surface area contributed by atoms with Crippen molar-refractivity contribution in [2.45, 2.75) is 38.5 Å². The van der Waals surface area contributed by atoms with Gasteiger partial charge in [-0.05, 0) is 197 Å². The van der Waals surface area contributed by atoms with E-state index in [1.54, 1.807) is 43.3 Å². The minimum atomic E-state index is -5.93. The van der Waals surface area contributed by atoms with Crippen molar-refractivity contribution in [3.63, 3.8) is 0 Å². The number of Topliss-reactive ketones (excluding diaryl/α,β-unsaturated/α-hetero) is 1. The molecule has 18 heteroatoms. The molecule has 0 radical (unpaired) electrons. The Morgan fingerprint density at radius 3 is 1.29 bits per heavy atom. The molecule has 0 heterocycles. The van der Waals surface area contributed by atoms with E-state index < -0.39 is 55.5 Å². The van der Waals surface area contributed by atoms with Crippen LogP contribution in [0.5, 0.6) is 11.5 Å². The molecule has 0 fully saturated rings. The van der Waals surface area contributed by atoms with Gasteiger partial charge in [0.15, 0.2) is 11.5 Å². The first-order valence-corrected chi connectivity index (χ1v) is 22.1. The van der Waals surface area contributed by atoms with Crippen molar-refractivity contribution in [1.82, 2.24) is 0 Å². The Labute approximate surface area is 401 Å². The second-order valence-corrected chi connectivity index (χ2v) is 18.0. The summed E-state index contributed by atoms with van der Waals surface area (Å²) in [5.74, 6) is -2.64. The Morgan fingerprint density at radius 1 is 0.523 bits per heavy atom. The molecule has 0 atom stereocenters. The minimum Gasteiger partial charge on any atom is -0.494 e. The van der Waals surface area contributed by atoms with Gasteiger partial charge in [0.25, 0.3) is 11.8 Å². The average molecular weight is 1150 g/mol. The molecule has 2 N–H and O–H groups in total. The zero-order valence-corrected chi connectivity index (χ0v) is 40.5. The van der Waals surface area contributed by atoms with E-state index >= 15 is 26.3 Å². The van der Waals surface area contributed by atoms with Gasteiger partial charge >= 0.3 is 18.3 Å². The van der Waals surface area contributed by atoms with E-state index in [1.165, 1.54) is 44.4 Å². The van der Waals surface area contributed by atoms with Gasteiger partial charge in [-0.15, -0.1) is 0 Å². The van der Waals surface area contributed by atoms with Crippen molar-refractivity contribution in [2.75, 3.05) is 17.7 Å². The van der Waals surface area contributed by atoms with Gasteiger partial charge in [-0.25, -0.2) is 4.79 Å². The number of benzene rings is 6. The predicted octanol–water partition coefficient (Wildman–Crippen LogP) is 14.4. The molecule has 0 saturated carbocycles. The molecule has 0 aromatic heterocycles. The van der Waals surface area contributed by atoms with Gasteiger partial charge in [0.2, 0.25) is 5.41 Å². The third-order valence-corrected chi connectivity index (χ3v) is 12.6. The van der Waals surface area contributed by atoms with Crippen molar-refractivity contribution in [2.24, 2.45) is 0 Å². The van der Waals surface area contributed by atoms with Gasteiger partial charge in [0.05, 0.1) is 30.6 Å². The molecule has 6 rings (SSSR count). The fourth-order valence-electron chi connectivity index (χ4n) is 7.00. The van der Waals surface area contributed by atoms with Crippen molar-refractivity contribution in [3.8, 4) is 22.6 Å². The molecule has 8 nitrogen and oxygen atoms in total. The lowest BCUT2D eigenvalue weighted by Gasteiger charge is -2.39. The highest BCUT2D eigenvalue weighted by molar-refractivity contribution is 9.11. The van der Waals surface area contributed by atoms with Gasteiger partial charge in [-0.2, -0.15) is 26.3 Å². The standard InChI is InChI=1S/C47H32Br4F6N2O6/c1-23-15-27(11-13-38(23)58-42(61)29-8-5-7-26(17-29)25(3)60)28-12-14-39(24(2)16-28)59-43(62)30-9-6-10-31(18-30)44(63)65-41-36(50)21-33(22-37(41)51)45(46(52,53)54,47(55,56)57)32-19-34(48)40(64-4)35(49)20-32/h5-22H,1-4H3,(H,58,61)(H,59,62). The maximum atomic E-state index is 15.0. The summed E-state index contributed by atoms with van der Waals surface area (Å²) in [5.41, 5.74) is -2.18. The maximum Gasteiger partial charge on any atom is 0.411 e. The van der Waals surface area contributed by atoms with Gasteiger partial charge in [-0.3, -0.25) is 14.4 Å². The number of alkyl halides is 6. The third-order valence-electron chi connectivity index (χ3n) is 10.3. The quantitative estimate of drug-likeness (QED) is 0.0579. The topological polar surface area (TPSA) is 111 Å². The highest BCUT2D eigenvalue weighted by atomic mass is 79.9. The van der Waals surface area contributed by atoms with Crippen LogP contribution in [0, 0.1) is 13.8 Å². The summed E-state index contributed by atoms with van der Waals surface area (Å²) in [5, 5.41) is 5.69. The largest absolute Gasteiger partial charge is 0.494 e. The molecule has 0 aliphatic rings. The highest BCUT2D eigenvalue weighted by Crippen LogP contribution is 2.59. The number of ketones is 1. The number of aryl methyl sites for hydroxylation is 2. The van der Waals surface area contributed by atoms with Crippen LogP contribution in [-0.4, -0.2) is 43.0 Å². The van der Waals surface area contributed by atoms with Crippen molar-refractivity contribution < 1.29 is 55.0 Å². The SMILES string of the molecule is COc1c(Br)cc(C(c2cc(Br)c(OC(=O)c3cccc(C(=O)Nc4ccc(-c5ccc(NC(=O)c6cccc(C(C)=O)c6)c(C)c5)cc4C)c3)c(Br)c2)(C(F)(F)F)C(F)(F)F)cc1Br. The Hall–Kier alpha value is -5.30. The zero-order chi connectivity index (χ0) is 47.8. The van der Waals surface area contributed by atoms with E-state index in [4.69, 9.17) is 9.47 Å². The van der Waals surface area contributed by atoms with Crippen LogP contribution in [0.25, 0.3) is 11.1 Å². The fourth-order valence-corrected chi connectivity index (χ4v) is 9.86. The van der Waals surface area contributed by atoms with Crippen molar-refractivity contribution >= 4 is 98.7 Å². The molecule has 0 spiro atoms. The Morgan fingerprint density at radius 2 is 0.908 bits per heavy atom. The van der Waals surface area contributed by atoms with Crippen LogP contribution in [0.4, 0.5) is 37.7 Å². The van der Waals surface area contributed by atoms with E-state index in [0.29, 0.717) is 52.3 Å². The number of ether oxygens (including phenoxy) is 2. The van der Waals surface area contributed by atoms with E-state index in [9.17, 15) is 19.2 Å². The van der Waals surface area contributed by atoms with Gasteiger partial charge in [0.1, 0.15) is 5.75 Å². The second-order valence-electron chi connectivity index (χ2n) is 14.6. The molecule has 0 aliphatic heterocycles. The van der Waals surface area contributed by atoms with Gasteiger partial charge < -0.3 is 20.1 Å². The number of carbonyl (C=O) groups is 4. The first-order valence-electron chi connectivity index (χ1n) is 18.9. The summed E-state index contributed by atoms with van der Waals surface area (Å²) >= 11 is 12.0. The number of esters is 1. The van der Waals surface area contributed by atoms with Crippen LogP contribution >= 0.6 is 63.7 Å². The van der Waals surface area contributed by atoms with Gasteiger partial charge in [0, 0.05) is 28.1 Å². The lowest BCUT2D eigenvalue weighted by atomic mass is 9.73. The van der Waals surface area contributed by atoms with Crippen LogP contribution in [0.3, 0.4) is 0 Å². The van der Waals surface area contributed by atoms with E-state index in [-0.39, 0.29) is 37.5 Å². The molecule has 0 unspecified atom stereocenters. The first kappa shape index (κ1) is 49.1. The average Bonchev–Trinajstić information content (AvgIpc) is 3.22. The number of hydrogen-bond donors (Lipinski definition) is 2. The number of methoxy groups -OCH3 is 1. The monoisotopic (exact) mass is 1150 g/mol. The highest BCUT2D eigenvalue weighted by Gasteiger charge is 2.73. The zero-order valence-electron chi connectivity index (χ0n) is 34.1. The number of carbonyl (C=O) groups excluding carboxylic acids is 4. The molecule has 0 saturated heterocycles. The Kier molecular flexibility index (Phi) is 14.6. The lowest BCUT2D eigenvalue weighted by Crippen LogP contribution is -2.54. The van der Waals surface area contributed by atoms with E-state index in [1.807, 2.05) is 25.1 Å². The Balaban J connectivity index is 1.19. The number of amides is 2. The molecule has 0 bridgehead atoms. The first-order chi connectivity index (χ1) is 30.5. The summed E-state index contributed by atoms with van der Waals surface area (Å²) in [6.07, 6.45) is -11.9. The molecule has 0 aliphatic carbocycles. The number of nitrogens with one attached hydrogen (secondary N) is 2. The van der Waals surface area contributed by atoms with E-state index in [0.717, 1.165) is 16.7 Å². The predicted molar refractivity (Wildman–Crippen MR) is 248 cm³/mol. The van der Waals surface area contributed by atoms with Crippen LogP contribution < -0.4 is 20.1 Å². The molecular formula is C47H32Br4F6N2O6. The lowest BCUT2D eigenvalue weighted by molar-refractivity contribution is -0.288. The summed E-state index contributed by atoms with van der Waals surface area (Å²) in [4.78, 5) is 51.6. The second kappa shape index (κ2) is 19.3. The molecule has 6 aromatic carbocycles. The smallest absolute Gasteiger partial charge is 0.411 e. The summed E-state index contributed by atoms with van der Waals surface area (Å²) < 4.78 is 99.4. The summed E-state index contributed by atoms with van der Waals surface area (Å²) in [6, 6.07) is 25.1. The van der Waals surface area contributed by atoms with Crippen molar-refractivity contribution in [3.05, 3.63) is 172 Å². The Bertz CT molecular complexity index is 2840. The summed E-state index contributed by atoms with van der Waals surface area (Å²) in [7, 11) is 1.20. The maximum absolute atomic E-state index is 15.0. The van der Waals surface area contributed by atoms with Gasteiger partial charge in [-0.1, -0.05) is 30.3 Å². The fraction of sp³-hybridized carbons (Fsp3) is 0.149. The molecule has 336 valence electrons. The number of anilines is 2. The van der Waals surface area contributed by atoms with Crippen LogP contribution in [-0.2, 0) is 5.41 Å².